The molecule has 1 saturated heterocycles. The lowest BCUT2D eigenvalue weighted by atomic mass is 10.0. The molecule has 3 heterocycles. The number of ether oxygens (including phenoxy) is 1. The summed E-state index contributed by atoms with van der Waals surface area (Å²) in [4.78, 5) is 70.6. The van der Waals surface area contributed by atoms with Crippen LogP contribution in [0.1, 0.15) is 25.1 Å². The number of anilines is 1. The van der Waals surface area contributed by atoms with E-state index in [0.29, 0.717) is 12.0 Å². The molecule has 41 heavy (non-hydrogen) atoms. The topological polar surface area (TPSA) is 203 Å². The molecule has 2 atom stereocenters. The minimum Gasteiger partial charge on any atom is -0.509 e. The molecular weight excluding hydrogens is 580 g/mol. The molecule has 17 heteroatoms. The third-order valence-corrected chi connectivity index (χ3v) is 7.69. The molecule has 2 aliphatic heterocycles. The first-order chi connectivity index (χ1) is 19.6. The van der Waals surface area contributed by atoms with Crippen LogP contribution in [0.5, 0.6) is 0 Å². The zero-order valence-corrected chi connectivity index (χ0v) is 23.3. The molecule has 1 aromatic heterocycles. The number of aliphatic hydroxyl groups excluding tert-OH is 1. The summed E-state index contributed by atoms with van der Waals surface area (Å²) in [6.07, 6.45) is 0.439. The van der Waals surface area contributed by atoms with Crippen LogP contribution in [0.2, 0.25) is 0 Å². The maximum Gasteiger partial charge on any atom is 0.358 e. The number of carbonyl (C=O) groups excluding carboxylic acids is 4. The molecule has 3 amide bonds. The summed E-state index contributed by atoms with van der Waals surface area (Å²) in [5.74, 6) is -2.66. The van der Waals surface area contributed by atoms with Crippen molar-refractivity contribution < 1.29 is 38.8 Å². The highest BCUT2D eigenvalue weighted by Gasteiger charge is 2.55. The Labute approximate surface area is 240 Å². The van der Waals surface area contributed by atoms with Crippen molar-refractivity contribution in [3.63, 3.8) is 0 Å². The minimum absolute atomic E-state index is 0.0198. The molecule has 15 nitrogen and oxygen atoms in total. The molecule has 0 bridgehead atoms. The lowest BCUT2D eigenvalue weighted by Gasteiger charge is -2.48. The summed E-state index contributed by atoms with van der Waals surface area (Å²) in [7, 11) is 0. The zero-order chi connectivity index (χ0) is 29.7. The number of nitrogens with zero attached hydrogens (tertiary/aromatic N) is 4. The number of oxime groups is 1. The van der Waals surface area contributed by atoms with Gasteiger partial charge in [0, 0.05) is 17.5 Å². The van der Waals surface area contributed by atoms with Crippen LogP contribution >= 0.6 is 23.1 Å². The number of nitrogens with one attached hydrogen (secondary N) is 2. The van der Waals surface area contributed by atoms with Gasteiger partial charge in [-0.2, -0.15) is 0 Å². The summed E-state index contributed by atoms with van der Waals surface area (Å²) in [6, 6.07) is 4.31. The van der Waals surface area contributed by atoms with Gasteiger partial charge in [-0.05, 0) is 23.6 Å². The molecule has 4 rings (SSSR count). The number of β-lactam (4-membered cyclic amide) rings is 1. The van der Waals surface area contributed by atoms with Crippen molar-refractivity contribution in [2.24, 2.45) is 11.1 Å². The molecule has 0 saturated carbocycles. The highest BCUT2D eigenvalue weighted by Crippen LogP contribution is 2.40. The average Bonchev–Trinajstić information content (AvgIpc) is 3.40. The number of esters is 1. The summed E-state index contributed by atoms with van der Waals surface area (Å²) < 4.78 is 5.25. The van der Waals surface area contributed by atoms with Crippen LogP contribution in [0.4, 0.5) is 10.8 Å². The molecule has 0 radical (unpaired) electrons. The van der Waals surface area contributed by atoms with Crippen molar-refractivity contribution in [3.05, 3.63) is 62.5 Å². The largest absolute Gasteiger partial charge is 0.509 e. The number of aliphatic hydroxyl groups is 1. The van der Waals surface area contributed by atoms with Gasteiger partial charge in [-0.3, -0.25) is 29.4 Å². The normalized spacial score (nSPS) is 18.4. The van der Waals surface area contributed by atoms with E-state index in [0.717, 1.165) is 28.0 Å². The minimum atomic E-state index is -1.06. The standard InChI is InChI=1S/C24H24N6O9S2/c1-12(2)7-39-28-17(15-9-41-24(26-15)25-11-31)20(33)27-18-21(34)29-19(16(32)10-40-22(18)29)23(35)38-8-13-3-5-14(6-4-13)30(36)37/h3-6,9,11-12,18,22,32H,7-8,10H2,1-2H3,(H,27,33)(H,25,26,31)/t18?,22-/m1/s1. The molecule has 2 aromatic rings. The summed E-state index contributed by atoms with van der Waals surface area (Å²) >= 11 is 2.19. The number of thioether (sulfide) groups is 1. The van der Waals surface area contributed by atoms with Crippen molar-refractivity contribution in [3.8, 4) is 0 Å². The van der Waals surface area contributed by atoms with Crippen LogP contribution in [0, 0.1) is 16.0 Å². The first-order valence-corrected chi connectivity index (χ1v) is 14.0. The Morgan fingerprint density at radius 2 is 2.07 bits per heavy atom. The molecule has 0 spiro atoms. The molecular formula is C24H24N6O9S2. The van der Waals surface area contributed by atoms with E-state index in [1.54, 1.807) is 0 Å². The maximum absolute atomic E-state index is 13.2. The maximum atomic E-state index is 13.2. The molecule has 0 aliphatic carbocycles. The van der Waals surface area contributed by atoms with Crippen LogP contribution in [0.15, 0.2) is 46.3 Å². The fourth-order valence-electron chi connectivity index (χ4n) is 3.69. The van der Waals surface area contributed by atoms with Crippen LogP contribution in [0.3, 0.4) is 0 Å². The van der Waals surface area contributed by atoms with Crippen molar-refractivity contribution in [1.29, 1.82) is 0 Å². The van der Waals surface area contributed by atoms with E-state index in [-0.39, 0.29) is 58.6 Å². The van der Waals surface area contributed by atoms with Gasteiger partial charge in [-0.1, -0.05) is 19.0 Å². The summed E-state index contributed by atoms with van der Waals surface area (Å²) in [5.41, 5.74) is -0.0997. The van der Waals surface area contributed by atoms with E-state index in [9.17, 15) is 34.4 Å². The van der Waals surface area contributed by atoms with Crippen LogP contribution in [-0.2, 0) is 35.4 Å². The average molecular weight is 605 g/mol. The Hall–Kier alpha value is -4.51. The molecule has 1 fully saturated rings. The highest BCUT2D eigenvalue weighted by molar-refractivity contribution is 8.00. The van der Waals surface area contributed by atoms with Crippen molar-refractivity contribution in [2.75, 3.05) is 17.7 Å². The fourth-order valence-corrected chi connectivity index (χ4v) is 5.54. The third kappa shape index (κ3) is 6.63. The van der Waals surface area contributed by atoms with E-state index in [1.807, 2.05) is 13.8 Å². The fraction of sp³-hybridized carbons (Fsp3) is 0.333. The Morgan fingerprint density at radius 3 is 2.73 bits per heavy atom. The van der Waals surface area contributed by atoms with Gasteiger partial charge in [0.2, 0.25) is 6.41 Å². The van der Waals surface area contributed by atoms with Gasteiger partial charge >= 0.3 is 5.97 Å². The number of aromatic nitrogens is 1. The number of hydrogen-bond donors (Lipinski definition) is 3. The van der Waals surface area contributed by atoms with E-state index in [2.05, 4.69) is 20.8 Å². The number of thiazole rings is 1. The predicted molar refractivity (Wildman–Crippen MR) is 147 cm³/mol. The number of hydrogen-bond acceptors (Lipinski definition) is 13. The molecule has 1 aromatic carbocycles. The number of carbonyl (C=O) groups is 4. The number of fused-ring (bicyclic) bond motifs is 1. The first kappa shape index (κ1) is 29.5. The summed E-state index contributed by atoms with van der Waals surface area (Å²) in [5, 5.41) is 31.1. The van der Waals surface area contributed by atoms with Gasteiger partial charge in [-0.25, -0.2) is 9.78 Å². The van der Waals surface area contributed by atoms with Crippen molar-refractivity contribution in [2.45, 2.75) is 31.9 Å². The second kappa shape index (κ2) is 12.8. The Bertz CT molecular complexity index is 1420. The second-order valence-electron chi connectivity index (χ2n) is 9.09. The molecule has 3 N–H and O–H groups in total. The zero-order valence-electron chi connectivity index (χ0n) is 21.6. The molecule has 216 valence electrons. The van der Waals surface area contributed by atoms with E-state index in [4.69, 9.17) is 9.57 Å². The Morgan fingerprint density at radius 1 is 1.34 bits per heavy atom. The van der Waals surface area contributed by atoms with E-state index < -0.39 is 34.1 Å². The van der Waals surface area contributed by atoms with Gasteiger partial charge in [0.25, 0.3) is 17.5 Å². The highest BCUT2D eigenvalue weighted by atomic mass is 32.2. The van der Waals surface area contributed by atoms with Gasteiger partial charge in [0.1, 0.15) is 36.1 Å². The molecule has 2 aliphatic rings. The number of benzene rings is 1. The lowest BCUT2D eigenvalue weighted by molar-refractivity contribution is -0.384. The van der Waals surface area contributed by atoms with Crippen molar-refractivity contribution in [1.82, 2.24) is 15.2 Å². The summed E-state index contributed by atoms with van der Waals surface area (Å²) in [6.45, 7) is 3.75. The molecule has 1 unspecified atom stereocenters. The smallest absolute Gasteiger partial charge is 0.358 e. The van der Waals surface area contributed by atoms with E-state index in [1.165, 1.54) is 29.6 Å². The lowest BCUT2D eigenvalue weighted by Crippen LogP contribution is -2.71. The van der Waals surface area contributed by atoms with Crippen LogP contribution in [0.25, 0.3) is 0 Å². The quantitative estimate of drug-likeness (QED) is 0.0797. The third-order valence-electron chi connectivity index (χ3n) is 5.65. The number of rotatable bonds is 12. The predicted octanol–water partition coefficient (Wildman–Crippen LogP) is 1.91. The number of nitro groups is 1. The second-order valence-corrected chi connectivity index (χ2v) is 11.0. The number of non-ortho nitro benzene ring substituents is 1. The van der Waals surface area contributed by atoms with Crippen molar-refractivity contribution >= 4 is 63.8 Å². The van der Waals surface area contributed by atoms with Crippen LogP contribution < -0.4 is 10.6 Å². The monoisotopic (exact) mass is 604 g/mol. The van der Waals surface area contributed by atoms with Gasteiger partial charge < -0.3 is 25.3 Å². The Kier molecular flexibility index (Phi) is 9.18. The van der Waals surface area contributed by atoms with Crippen LogP contribution in [-0.4, -0.2) is 73.6 Å². The van der Waals surface area contributed by atoms with Gasteiger partial charge in [0.15, 0.2) is 16.5 Å². The van der Waals surface area contributed by atoms with E-state index >= 15 is 0 Å². The Balaban J connectivity index is 1.44. The number of amides is 3. The number of nitro benzene ring substituents is 1. The first-order valence-electron chi connectivity index (χ1n) is 12.0. The SMILES string of the molecule is CC(C)CON=C(C(=O)NC1C(=O)N2C(C(=O)OCc3ccc([N+](=O)[O-])cc3)=C(O)CS[C@H]12)c1csc(NC=O)n1. The van der Waals surface area contributed by atoms with Gasteiger partial charge in [-0.15, -0.1) is 23.1 Å². The van der Waals surface area contributed by atoms with Gasteiger partial charge in [0.05, 0.1) is 10.7 Å².